The number of nitrogens with two attached hydrogens (primary N) is 1. The largest absolute Gasteiger partial charge is 0.497 e. The molecule has 108 valence electrons. The zero-order valence-electron chi connectivity index (χ0n) is 12.1. The van der Waals surface area contributed by atoms with Gasteiger partial charge < -0.3 is 15.4 Å². The lowest BCUT2D eigenvalue weighted by Crippen LogP contribution is -2.36. The number of amidine groups is 1. The molecule has 0 aliphatic carbocycles. The monoisotopic (exact) mass is 281 g/mol. The van der Waals surface area contributed by atoms with Gasteiger partial charge in [0.1, 0.15) is 11.6 Å². The summed E-state index contributed by atoms with van der Waals surface area (Å²) in [4.78, 5) is 6.95. The minimum atomic E-state index is 0.777. The molecule has 2 aromatic carbocycles. The summed E-state index contributed by atoms with van der Waals surface area (Å²) in [5.41, 5.74) is 8.78. The third-order valence-electron chi connectivity index (χ3n) is 3.61. The number of benzene rings is 2. The molecule has 0 saturated heterocycles. The van der Waals surface area contributed by atoms with Crippen molar-refractivity contribution in [3.8, 4) is 5.75 Å². The first-order valence-corrected chi connectivity index (χ1v) is 7.10. The summed E-state index contributed by atoms with van der Waals surface area (Å²) < 4.78 is 5.21. The molecule has 0 saturated carbocycles. The molecule has 1 heterocycles. The Morgan fingerprint density at radius 3 is 2.43 bits per heavy atom. The maximum Gasteiger partial charge on any atom is 0.135 e. The van der Waals surface area contributed by atoms with Crippen LogP contribution < -0.4 is 15.4 Å². The maximum absolute atomic E-state index is 5.77. The van der Waals surface area contributed by atoms with Crippen LogP contribution in [0.5, 0.6) is 5.75 Å². The molecule has 0 bridgehead atoms. The zero-order valence-corrected chi connectivity index (χ0v) is 12.1. The molecule has 4 nitrogen and oxygen atoms in total. The van der Waals surface area contributed by atoms with Gasteiger partial charge in [-0.15, -0.1) is 0 Å². The van der Waals surface area contributed by atoms with Crippen LogP contribution in [0.25, 0.3) is 0 Å². The first-order chi connectivity index (χ1) is 10.3. The molecule has 2 N–H and O–H groups in total. The number of rotatable bonds is 3. The molecule has 0 aromatic heterocycles. The van der Waals surface area contributed by atoms with Crippen LogP contribution in [0.2, 0.25) is 0 Å². The van der Waals surface area contributed by atoms with Crippen molar-refractivity contribution in [3.05, 3.63) is 54.1 Å². The van der Waals surface area contributed by atoms with Crippen molar-refractivity contribution in [3.63, 3.8) is 0 Å². The molecule has 0 unspecified atom stereocenters. The molecule has 4 heteroatoms. The molecule has 0 spiro atoms. The normalized spacial score (nSPS) is 14.7. The number of aliphatic imine (C=N–C) groups is 1. The summed E-state index contributed by atoms with van der Waals surface area (Å²) in [5, 5.41) is 0. The second kappa shape index (κ2) is 5.87. The van der Waals surface area contributed by atoms with Crippen molar-refractivity contribution in [1.29, 1.82) is 0 Å². The van der Waals surface area contributed by atoms with Crippen LogP contribution in [-0.2, 0) is 0 Å². The smallest absolute Gasteiger partial charge is 0.135 e. The zero-order chi connectivity index (χ0) is 14.7. The summed E-state index contributed by atoms with van der Waals surface area (Å²) in [5.74, 6) is 1.86. The number of ether oxygens (including phenoxy) is 1. The van der Waals surface area contributed by atoms with E-state index in [4.69, 9.17) is 15.5 Å². The number of anilines is 2. The van der Waals surface area contributed by atoms with E-state index in [1.807, 2.05) is 48.5 Å². The standard InChI is InChI=1S/C17H19N3O/c1-21-16-9-3-13(4-10-16)17-19-11-2-12-20(17)15-7-5-14(18)6-8-15/h3-10H,2,11-12,18H2,1H3. The summed E-state index contributed by atoms with van der Waals surface area (Å²) in [6.45, 7) is 1.83. The first-order valence-electron chi connectivity index (χ1n) is 7.10. The summed E-state index contributed by atoms with van der Waals surface area (Å²) in [6.07, 6.45) is 1.06. The second-order valence-corrected chi connectivity index (χ2v) is 5.03. The van der Waals surface area contributed by atoms with E-state index in [2.05, 4.69) is 4.90 Å². The molecule has 3 rings (SSSR count). The quantitative estimate of drug-likeness (QED) is 0.880. The maximum atomic E-state index is 5.77. The van der Waals surface area contributed by atoms with Gasteiger partial charge in [0, 0.05) is 30.0 Å². The highest BCUT2D eigenvalue weighted by Crippen LogP contribution is 2.23. The van der Waals surface area contributed by atoms with Crippen molar-refractivity contribution in [2.75, 3.05) is 30.8 Å². The molecule has 2 aromatic rings. The van der Waals surface area contributed by atoms with Crippen molar-refractivity contribution in [2.45, 2.75) is 6.42 Å². The van der Waals surface area contributed by atoms with E-state index in [9.17, 15) is 0 Å². The van der Waals surface area contributed by atoms with Crippen LogP contribution in [0.1, 0.15) is 12.0 Å². The highest BCUT2D eigenvalue weighted by atomic mass is 16.5. The Labute approximate surface area is 124 Å². The second-order valence-electron chi connectivity index (χ2n) is 5.03. The fourth-order valence-corrected chi connectivity index (χ4v) is 2.50. The molecule has 1 aliphatic rings. The van der Waals surface area contributed by atoms with Crippen LogP contribution in [0.3, 0.4) is 0 Å². The fraction of sp³-hybridized carbons (Fsp3) is 0.235. The minimum Gasteiger partial charge on any atom is -0.497 e. The van der Waals surface area contributed by atoms with Gasteiger partial charge in [-0.1, -0.05) is 0 Å². The predicted octanol–water partition coefficient (Wildman–Crippen LogP) is 2.93. The highest BCUT2D eigenvalue weighted by molar-refractivity contribution is 6.10. The molecule has 0 fully saturated rings. The van der Waals surface area contributed by atoms with Crippen molar-refractivity contribution < 1.29 is 4.74 Å². The van der Waals surface area contributed by atoms with Gasteiger partial charge in [-0.05, 0) is 55.0 Å². The topological polar surface area (TPSA) is 50.8 Å². The SMILES string of the molecule is COc1ccc(C2=NCCCN2c2ccc(N)cc2)cc1. The Hall–Kier alpha value is -2.49. The third-order valence-corrected chi connectivity index (χ3v) is 3.61. The third kappa shape index (κ3) is 2.84. The number of hydrogen-bond donors (Lipinski definition) is 1. The Bertz CT molecular complexity index is 632. The van der Waals surface area contributed by atoms with Crippen molar-refractivity contribution >= 4 is 17.2 Å². The van der Waals surface area contributed by atoms with E-state index in [0.717, 1.165) is 48.0 Å². The Morgan fingerprint density at radius 2 is 1.76 bits per heavy atom. The van der Waals surface area contributed by atoms with Crippen LogP contribution in [0.4, 0.5) is 11.4 Å². The molecular formula is C17H19N3O. The van der Waals surface area contributed by atoms with Gasteiger partial charge in [-0.3, -0.25) is 4.99 Å². The Kier molecular flexibility index (Phi) is 3.77. The molecule has 21 heavy (non-hydrogen) atoms. The lowest BCUT2D eigenvalue weighted by molar-refractivity contribution is 0.415. The number of nitrogens with zero attached hydrogens (tertiary/aromatic N) is 2. The highest BCUT2D eigenvalue weighted by Gasteiger charge is 2.18. The van der Waals surface area contributed by atoms with Gasteiger partial charge in [-0.25, -0.2) is 0 Å². The van der Waals surface area contributed by atoms with Gasteiger partial charge in [0.05, 0.1) is 7.11 Å². The number of methoxy groups -OCH3 is 1. The van der Waals surface area contributed by atoms with E-state index >= 15 is 0 Å². The average Bonchev–Trinajstić information content (AvgIpc) is 2.56. The first kappa shape index (κ1) is 13.5. The van der Waals surface area contributed by atoms with Gasteiger partial charge in [0.2, 0.25) is 0 Å². The van der Waals surface area contributed by atoms with Gasteiger partial charge >= 0.3 is 0 Å². The van der Waals surface area contributed by atoms with Gasteiger partial charge in [0.15, 0.2) is 0 Å². The Morgan fingerprint density at radius 1 is 1.05 bits per heavy atom. The van der Waals surface area contributed by atoms with E-state index in [1.165, 1.54) is 0 Å². The lowest BCUT2D eigenvalue weighted by Gasteiger charge is -2.29. The fourth-order valence-electron chi connectivity index (χ4n) is 2.50. The molecular weight excluding hydrogens is 262 g/mol. The summed E-state index contributed by atoms with van der Waals surface area (Å²) >= 11 is 0. The van der Waals surface area contributed by atoms with Crippen LogP contribution >= 0.6 is 0 Å². The summed E-state index contributed by atoms with van der Waals surface area (Å²) in [6, 6.07) is 16.0. The van der Waals surface area contributed by atoms with Crippen LogP contribution in [-0.4, -0.2) is 26.0 Å². The van der Waals surface area contributed by atoms with E-state index in [0.29, 0.717) is 0 Å². The Balaban J connectivity index is 1.93. The lowest BCUT2D eigenvalue weighted by atomic mass is 10.1. The van der Waals surface area contributed by atoms with Crippen molar-refractivity contribution in [1.82, 2.24) is 0 Å². The van der Waals surface area contributed by atoms with E-state index in [-0.39, 0.29) is 0 Å². The molecule has 0 amide bonds. The predicted molar refractivity (Wildman–Crippen MR) is 87.2 cm³/mol. The molecule has 1 aliphatic heterocycles. The van der Waals surface area contributed by atoms with Crippen LogP contribution in [0.15, 0.2) is 53.5 Å². The summed E-state index contributed by atoms with van der Waals surface area (Å²) in [7, 11) is 1.67. The van der Waals surface area contributed by atoms with Gasteiger partial charge in [0.25, 0.3) is 0 Å². The number of hydrogen-bond acceptors (Lipinski definition) is 4. The number of nitrogen functional groups attached to an aromatic ring is 1. The van der Waals surface area contributed by atoms with Gasteiger partial charge in [-0.2, -0.15) is 0 Å². The van der Waals surface area contributed by atoms with E-state index < -0.39 is 0 Å². The average molecular weight is 281 g/mol. The molecule has 0 radical (unpaired) electrons. The molecule has 0 atom stereocenters. The van der Waals surface area contributed by atoms with Crippen LogP contribution in [0, 0.1) is 0 Å². The van der Waals surface area contributed by atoms with E-state index in [1.54, 1.807) is 7.11 Å². The van der Waals surface area contributed by atoms with Crippen molar-refractivity contribution in [2.24, 2.45) is 4.99 Å². The minimum absolute atomic E-state index is 0.777.